The van der Waals surface area contributed by atoms with E-state index in [9.17, 15) is 9.59 Å². The van der Waals surface area contributed by atoms with Gasteiger partial charge < -0.3 is 9.47 Å². The van der Waals surface area contributed by atoms with E-state index in [1.807, 2.05) is 31.2 Å². The van der Waals surface area contributed by atoms with E-state index in [-0.39, 0.29) is 11.9 Å². The van der Waals surface area contributed by atoms with Crippen LogP contribution in [-0.4, -0.2) is 25.2 Å². The Morgan fingerprint density at radius 2 is 1.05 bits per heavy atom. The van der Waals surface area contributed by atoms with Gasteiger partial charge in [0.05, 0.1) is 29.4 Å². The van der Waals surface area contributed by atoms with Crippen molar-refractivity contribution < 1.29 is 19.1 Å². The third-order valence-corrected chi connectivity index (χ3v) is 6.67. The number of ether oxygens (including phenoxy) is 2. The molecule has 0 atom stereocenters. The molecule has 0 heterocycles. The van der Waals surface area contributed by atoms with Gasteiger partial charge in [-0.15, -0.1) is 0 Å². The van der Waals surface area contributed by atoms with Gasteiger partial charge in [-0.2, -0.15) is 0 Å². The minimum absolute atomic E-state index is 0.201. The second-order valence-electron chi connectivity index (χ2n) is 9.86. The molecule has 0 unspecified atom stereocenters. The Hall–Kier alpha value is -2.33. The van der Waals surface area contributed by atoms with Crippen molar-refractivity contribution in [1.29, 1.82) is 0 Å². The summed E-state index contributed by atoms with van der Waals surface area (Å²) in [6.07, 6.45) is 17.2. The molecule has 212 valence electrons. The van der Waals surface area contributed by atoms with Crippen molar-refractivity contribution in [2.75, 3.05) is 13.2 Å². The molecule has 0 saturated carbocycles. The molecular weight excluding hydrogens is 496 g/mol. The first-order chi connectivity index (χ1) is 18.5. The van der Waals surface area contributed by atoms with Crippen LogP contribution in [0, 0.1) is 6.92 Å². The highest BCUT2D eigenvalue weighted by molar-refractivity contribution is 6.33. The Balaban J connectivity index is 0.000000382. The quantitative estimate of drug-likeness (QED) is 0.138. The summed E-state index contributed by atoms with van der Waals surface area (Å²) in [7, 11) is 0. The van der Waals surface area contributed by atoms with Crippen molar-refractivity contribution in [2.24, 2.45) is 0 Å². The number of aryl methyl sites for hydroxylation is 1. The summed E-state index contributed by atoms with van der Waals surface area (Å²) in [5.41, 5.74) is 2.25. The van der Waals surface area contributed by atoms with Crippen LogP contribution >= 0.6 is 11.6 Å². The van der Waals surface area contributed by atoms with E-state index in [2.05, 4.69) is 13.8 Å². The van der Waals surface area contributed by atoms with Crippen molar-refractivity contribution >= 4 is 23.5 Å². The minimum atomic E-state index is -0.325. The minimum Gasteiger partial charge on any atom is -0.462 e. The fraction of sp³-hybridized carbons (Fsp3) is 0.576. The van der Waals surface area contributed by atoms with Crippen molar-refractivity contribution in [1.82, 2.24) is 0 Å². The molecule has 0 amide bonds. The molecule has 0 N–H and O–H groups in total. The van der Waals surface area contributed by atoms with Gasteiger partial charge >= 0.3 is 11.9 Å². The molecule has 0 aliphatic rings. The molecule has 0 bridgehead atoms. The number of hydrogen-bond donors (Lipinski definition) is 0. The smallest absolute Gasteiger partial charge is 0.339 e. The van der Waals surface area contributed by atoms with Crippen molar-refractivity contribution in [3.63, 3.8) is 0 Å². The molecule has 2 rings (SSSR count). The van der Waals surface area contributed by atoms with Crippen LogP contribution in [0.1, 0.15) is 130 Å². The fourth-order valence-electron chi connectivity index (χ4n) is 3.93. The number of carbonyl (C=O) groups excluding carboxylic acids is 2. The predicted molar refractivity (Wildman–Crippen MR) is 159 cm³/mol. The molecule has 2 aromatic rings. The maximum Gasteiger partial charge on any atom is 0.339 e. The average Bonchev–Trinajstić information content (AvgIpc) is 2.92. The molecule has 0 aromatic heterocycles. The highest BCUT2D eigenvalue weighted by atomic mass is 35.5. The van der Waals surface area contributed by atoms with E-state index in [1.54, 1.807) is 24.3 Å². The number of unbranched alkanes of at least 4 members (excludes halogenated alkanes) is 12. The van der Waals surface area contributed by atoms with Gasteiger partial charge in [0, 0.05) is 0 Å². The first kappa shape index (κ1) is 33.7. The van der Waals surface area contributed by atoms with Gasteiger partial charge in [-0.1, -0.05) is 132 Å². The number of esters is 2. The maximum atomic E-state index is 11.7. The molecule has 38 heavy (non-hydrogen) atoms. The van der Waals surface area contributed by atoms with Gasteiger partial charge in [0.25, 0.3) is 0 Å². The number of benzene rings is 2. The summed E-state index contributed by atoms with van der Waals surface area (Å²) >= 11 is 5.92. The highest BCUT2D eigenvalue weighted by Crippen LogP contribution is 2.16. The molecule has 4 nitrogen and oxygen atoms in total. The number of rotatable bonds is 18. The van der Waals surface area contributed by atoms with Crippen LogP contribution in [-0.2, 0) is 9.47 Å². The first-order valence-corrected chi connectivity index (χ1v) is 15.0. The SMILES string of the molecule is CCCCCCCCCCOC(=O)c1ccc(C)cc1.CCCCCCCCOC(=O)c1ccccc1Cl. The van der Waals surface area contributed by atoms with E-state index < -0.39 is 0 Å². The lowest BCUT2D eigenvalue weighted by atomic mass is 10.1. The summed E-state index contributed by atoms with van der Waals surface area (Å²) in [4.78, 5) is 23.4. The van der Waals surface area contributed by atoms with E-state index in [0.717, 1.165) is 31.2 Å². The monoisotopic (exact) mass is 544 g/mol. The van der Waals surface area contributed by atoms with Crippen LogP contribution in [0.15, 0.2) is 48.5 Å². The average molecular weight is 545 g/mol. The number of hydrogen-bond acceptors (Lipinski definition) is 4. The van der Waals surface area contributed by atoms with Gasteiger partial charge in [-0.05, 0) is 44.0 Å². The Kier molecular flexibility index (Phi) is 20.1. The van der Waals surface area contributed by atoms with Crippen molar-refractivity contribution in [3.05, 3.63) is 70.2 Å². The summed E-state index contributed by atoms with van der Waals surface area (Å²) in [5.74, 6) is -0.526. The van der Waals surface area contributed by atoms with E-state index in [0.29, 0.717) is 29.4 Å². The van der Waals surface area contributed by atoms with Crippen LogP contribution in [0.5, 0.6) is 0 Å². The molecule has 5 heteroatoms. The van der Waals surface area contributed by atoms with Crippen molar-refractivity contribution in [3.8, 4) is 0 Å². The van der Waals surface area contributed by atoms with Gasteiger partial charge in [0.15, 0.2) is 0 Å². The third-order valence-electron chi connectivity index (χ3n) is 6.34. The lowest BCUT2D eigenvalue weighted by molar-refractivity contribution is 0.0488. The van der Waals surface area contributed by atoms with E-state index in [4.69, 9.17) is 21.1 Å². The maximum absolute atomic E-state index is 11.7. The van der Waals surface area contributed by atoms with Gasteiger partial charge in [0.1, 0.15) is 0 Å². The highest BCUT2D eigenvalue weighted by Gasteiger charge is 2.10. The Morgan fingerprint density at radius 1 is 0.605 bits per heavy atom. The zero-order valence-electron chi connectivity index (χ0n) is 23.9. The van der Waals surface area contributed by atoms with Gasteiger partial charge in [-0.25, -0.2) is 9.59 Å². The Bertz CT molecular complexity index is 879. The summed E-state index contributed by atoms with van der Waals surface area (Å²) in [6.45, 7) is 7.47. The molecule has 0 aliphatic carbocycles. The zero-order chi connectivity index (χ0) is 27.8. The normalized spacial score (nSPS) is 10.4. The molecule has 0 aliphatic heterocycles. The number of carbonyl (C=O) groups is 2. The molecule has 0 fully saturated rings. The molecular formula is C33H49ClO4. The largest absolute Gasteiger partial charge is 0.462 e. The summed E-state index contributed by atoms with van der Waals surface area (Å²) in [5, 5.41) is 0.449. The topological polar surface area (TPSA) is 52.6 Å². The predicted octanol–water partition coefficient (Wildman–Crippen LogP) is 10.1. The second-order valence-corrected chi connectivity index (χ2v) is 10.3. The lowest BCUT2D eigenvalue weighted by Gasteiger charge is -2.06. The Labute approximate surface area is 236 Å². The summed E-state index contributed by atoms with van der Waals surface area (Å²) in [6, 6.07) is 14.5. The van der Waals surface area contributed by atoms with Gasteiger partial charge in [0.2, 0.25) is 0 Å². The van der Waals surface area contributed by atoms with Crippen LogP contribution in [0.4, 0.5) is 0 Å². The van der Waals surface area contributed by atoms with Crippen LogP contribution in [0.25, 0.3) is 0 Å². The lowest BCUT2D eigenvalue weighted by Crippen LogP contribution is -2.06. The Morgan fingerprint density at radius 3 is 1.55 bits per heavy atom. The fourth-order valence-corrected chi connectivity index (χ4v) is 4.14. The second kappa shape index (κ2) is 22.6. The van der Waals surface area contributed by atoms with Crippen molar-refractivity contribution in [2.45, 2.75) is 111 Å². The van der Waals surface area contributed by atoms with Gasteiger partial charge in [-0.3, -0.25) is 0 Å². The van der Waals surface area contributed by atoms with Crippen LogP contribution in [0.3, 0.4) is 0 Å². The molecule has 2 aromatic carbocycles. The summed E-state index contributed by atoms with van der Waals surface area (Å²) < 4.78 is 10.5. The van der Waals surface area contributed by atoms with Crippen LogP contribution < -0.4 is 0 Å². The third kappa shape index (κ3) is 16.5. The zero-order valence-corrected chi connectivity index (χ0v) is 24.7. The first-order valence-electron chi connectivity index (χ1n) is 14.6. The molecule has 0 spiro atoms. The standard InChI is InChI=1S/C18H28O2.C15H21ClO2/c1-3-4-5-6-7-8-9-10-15-20-18(19)17-13-11-16(2)12-14-17;1-2-3-4-5-6-9-12-18-15(17)13-10-7-8-11-14(13)16/h11-14H,3-10,15H2,1-2H3;7-8,10-11H,2-6,9,12H2,1H3. The number of halogens is 1. The van der Waals surface area contributed by atoms with E-state index in [1.165, 1.54) is 64.2 Å². The van der Waals surface area contributed by atoms with Crippen LogP contribution in [0.2, 0.25) is 5.02 Å². The van der Waals surface area contributed by atoms with E-state index >= 15 is 0 Å². The molecule has 0 saturated heterocycles. The molecule has 0 radical (unpaired) electrons.